The Hall–Kier alpha value is -3.30. The number of amides is 1. The molecule has 8 nitrogen and oxygen atoms in total. The second-order valence-corrected chi connectivity index (χ2v) is 11.2. The van der Waals surface area contributed by atoms with Crippen LogP contribution in [-0.2, 0) is 14.3 Å². The summed E-state index contributed by atoms with van der Waals surface area (Å²) in [6, 6.07) is 5.83. The number of esters is 1. The van der Waals surface area contributed by atoms with E-state index in [0.29, 0.717) is 29.6 Å². The van der Waals surface area contributed by atoms with E-state index < -0.39 is 5.97 Å². The molecule has 5 rings (SSSR count). The Kier molecular flexibility index (Phi) is 8.04. The maximum absolute atomic E-state index is 13.7. The van der Waals surface area contributed by atoms with Crippen molar-refractivity contribution in [2.75, 3.05) is 32.3 Å². The van der Waals surface area contributed by atoms with Gasteiger partial charge in [-0.05, 0) is 55.7 Å². The van der Waals surface area contributed by atoms with E-state index in [-0.39, 0.29) is 17.7 Å². The predicted octanol–water partition coefficient (Wildman–Crippen LogP) is 5.51. The van der Waals surface area contributed by atoms with Gasteiger partial charge in [0.15, 0.2) is 5.65 Å². The molecule has 0 spiro atoms. The summed E-state index contributed by atoms with van der Waals surface area (Å²) in [6.45, 7) is 3.02. The fraction of sp³-hybridized carbons (Fsp3) is 0.448. The number of anilines is 1. The van der Waals surface area contributed by atoms with Gasteiger partial charge < -0.3 is 14.4 Å². The van der Waals surface area contributed by atoms with Crippen molar-refractivity contribution in [3.05, 3.63) is 64.3 Å². The van der Waals surface area contributed by atoms with Gasteiger partial charge in [0, 0.05) is 48.8 Å². The van der Waals surface area contributed by atoms with Crippen LogP contribution in [0.1, 0.15) is 65.2 Å². The van der Waals surface area contributed by atoms with Crippen LogP contribution >= 0.6 is 11.3 Å². The number of fused-ring (bicyclic) bond motifs is 1. The Balaban J connectivity index is 1.41. The average Bonchev–Trinajstić information content (AvgIpc) is 3.58. The minimum Gasteiger partial charge on any atom is -0.465 e. The van der Waals surface area contributed by atoms with Gasteiger partial charge in [0.05, 0.1) is 25.1 Å². The van der Waals surface area contributed by atoms with Crippen LogP contribution in [0.2, 0.25) is 0 Å². The molecule has 0 aromatic carbocycles. The van der Waals surface area contributed by atoms with E-state index in [2.05, 4.69) is 35.2 Å². The number of rotatable bonds is 8. The highest BCUT2D eigenvalue weighted by Gasteiger charge is 2.32. The second-order valence-electron chi connectivity index (χ2n) is 10.1. The quantitative estimate of drug-likeness (QED) is 0.354. The second kappa shape index (κ2) is 11.6. The van der Waals surface area contributed by atoms with Gasteiger partial charge in [-0.2, -0.15) is 5.10 Å². The molecule has 1 atom stereocenters. The van der Waals surface area contributed by atoms with E-state index in [1.54, 1.807) is 22.7 Å². The van der Waals surface area contributed by atoms with Crippen molar-refractivity contribution in [2.45, 2.75) is 44.9 Å². The van der Waals surface area contributed by atoms with Gasteiger partial charge in [-0.15, -0.1) is 11.3 Å². The maximum atomic E-state index is 13.7. The van der Waals surface area contributed by atoms with Gasteiger partial charge in [-0.3, -0.25) is 4.79 Å². The number of nitrogens with zero attached hydrogens (tertiary/aromatic N) is 4. The largest absolute Gasteiger partial charge is 0.465 e. The molecule has 0 saturated heterocycles. The summed E-state index contributed by atoms with van der Waals surface area (Å²) < 4.78 is 12.2. The minimum atomic E-state index is -0.431. The van der Waals surface area contributed by atoms with Gasteiger partial charge in [-0.25, -0.2) is 14.3 Å². The number of hydrogen-bond acceptors (Lipinski definition) is 7. The number of carbonyl (C=O) groups excluding carboxylic acids is 2. The summed E-state index contributed by atoms with van der Waals surface area (Å²) in [6.07, 6.45) is 14.7. The van der Waals surface area contributed by atoms with Crippen LogP contribution in [-0.4, -0.2) is 53.8 Å². The molecule has 1 unspecified atom stereocenters. The Morgan fingerprint density at radius 2 is 2.00 bits per heavy atom. The molecule has 1 amide bonds. The molecule has 0 bridgehead atoms. The standard InChI is InChI=1S/C29H34N4O4S/c1-19-5-7-22(8-6-19)28(34)32(15-16-36-2)24-18-25(38-27(24)29(35)37-3)21-11-9-20(10-12-21)23-17-26-30-13-4-14-33(26)31-23/h4,9,11-14,17-20,22H,5-8,10,15-16H2,1-3H3/t19-,20?,22-. The first-order valence-corrected chi connectivity index (χ1v) is 14.0. The van der Waals surface area contributed by atoms with Crippen LogP contribution in [0.25, 0.3) is 11.2 Å². The summed E-state index contributed by atoms with van der Waals surface area (Å²) in [4.78, 5) is 34.0. The average molecular weight is 535 g/mol. The first-order chi connectivity index (χ1) is 18.5. The number of methoxy groups -OCH3 is 2. The van der Waals surface area contributed by atoms with E-state index in [1.807, 2.05) is 24.4 Å². The molecule has 0 radical (unpaired) electrons. The van der Waals surface area contributed by atoms with Crippen LogP contribution in [0.15, 0.2) is 48.8 Å². The zero-order valence-electron chi connectivity index (χ0n) is 22.1. The van der Waals surface area contributed by atoms with E-state index in [4.69, 9.17) is 9.47 Å². The minimum absolute atomic E-state index is 0.0358. The molecule has 0 aliphatic heterocycles. The number of hydrogen-bond donors (Lipinski definition) is 0. The topological polar surface area (TPSA) is 86.0 Å². The lowest BCUT2D eigenvalue weighted by atomic mass is 9.82. The van der Waals surface area contributed by atoms with Crippen molar-refractivity contribution in [1.29, 1.82) is 0 Å². The Morgan fingerprint density at radius 3 is 2.68 bits per heavy atom. The summed E-state index contributed by atoms with van der Waals surface area (Å²) in [5, 5.41) is 4.67. The molecular formula is C29H34N4O4S. The fourth-order valence-corrected chi connectivity index (χ4v) is 6.37. The lowest BCUT2D eigenvalue weighted by Crippen LogP contribution is -2.40. The smallest absolute Gasteiger partial charge is 0.350 e. The molecule has 200 valence electrons. The van der Waals surface area contributed by atoms with Crippen LogP contribution < -0.4 is 4.90 Å². The van der Waals surface area contributed by atoms with Crippen molar-refractivity contribution >= 4 is 40.1 Å². The van der Waals surface area contributed by atoms with Gasteiger partial charge in [-0.1, -0.05) is 25.2 Å². The fourth-order valence-electron chi connectivity index (χ4n) is 5.27. The Morgan fingerprint density at radius 1 is 1.18 bits per heavy atom. The summed E-state index contributed by atoms with van der Waals surface area (Å²) in [5.74, 6) is 0.395. The monoisotopic (exact) mass is 534 g/mol. The molecule has 1 fully saturated rings. The summed E-state index contributed by atoms with van der Waals surface area (Å²) >= 11 is 1.37. The van der Waals surface area contributed by atoms with E-state index in [1.165, 1.54) is 18.4 Å². The van der Waals surface area contributed by atoms with Crippen molar-refractivity contribution in [3.8, 4) is 0 Å². The number of aromatic nitrogens is 3. The molecule has 0 N–H and O–H groups in total. The molecule has 1 saturated carbocycles. The highest BCUT2D eigenvalue weighted by Crippen LogP contribution is 2.40. The first-order valence-electron chi connectivity index (χ1n) is 13.2. The highest BCUT2D eigenvalue weighted by atomic mass is 32.1. The van der Waals surface area contributed by atoms with Crippen molar-refractivity contribution in [1.82, 2.24) is 14.6 Å². The lowest BCUT2D eigenvalue weighted by Gasteiger charge is -2.31. The third-order valence-corrected chi connectivity index (χ3v) is 8.70. The zero-order chi connectivity index (χ0) is 26.6. The molecule has 2 aliphatic rings. The van der Waals surface area contributed by atoms with E-state index in [9.17, 15) is 9.59 Å². The number of allylic oxidation sites excluding steroid dienone is 4. The SMILES string of the molecule is COCCN(c1cc(C2=CCC(c3cc4ncccn4n3)C=C2)sc1C(=O)OC)C(=O)[C@H]1CC[C@H](C)CC1. The molecular weight excluding hydrogens is 500 g/mol. The van der Waals surface area contributed by atoms with E-state index >= 15 is 0 Å². The van der Waals surface area contributed by atoms with Gasteiger partial charge >= 0.3 is 5.97 Å². The van der Waals surface area contributed by atoms with Gasteiger partial charge in [0.25, 0.3) is 0 Å². The maximum Gasteiger partial charge on any atom is 0.350 e. The third kappa shape index (κ3) is 5.44. The van der Waals surface area contributed by atoms with Crippen LogP contribution in [0.5, 0.6) is 0 Å². The zero-order valence-corrected chi connectivity index (χ0v) is 22.9. The van der Waals surface area contributed by atoms with E-state index in [0.717, 1.165) is 53.9 Å². The van der Waals surface area contributed by atoms with Crippen LogP contribution in [0.3, 0.4) is 0 Å². The van der Waals surface area contributed by atoms with Crippen molar-refractivity contribution < 1.29 is 19.1 Å². The number of ether oxygens (including phenoxy) is 2. The highest BCUT2D eigenvalue weighted by molar-refractivity contribution is 7.15. The normalized spacial score (nSPS) is 21.3. The predicted molar refractivity (Wildman–Crippen MR) is 148 cm³/mol. The molecule has 2 aliphatic carbocycles. The number of thiophene rings is 1. The van der Waals surface area contributed by atoms with Crippen molar-refractivity contribution in [2.24, 2.45) is 11.8 Å². The van der Waals surface area contributed by atoms with Gasteiger partial charge in [0.2, 0.25) is 5.91 Å². The Bertz CT molecular complexity index is 1330. The van der Waals surface area contributed by atoms with Crippen LogP contribution in [0.4, 0.5) is 5.69 Å². The molecule has 9 heteroatoms. The summed E-state index contributed by atoms with van der Waals surface area (Å²) in [7, 11) is 3.00. The van der Waals surface area contributed by atoms with Crippen molar-refractivity contribution in [3.63, 3.8) is 0 Å². The Labute approximate surface area is 227 Å². The number of carbonyl (C=O) groups is 2. The molecule has 3 aromatic heterocycles. The third-order valence-electron chi connectivity index (χ3n) is 7.54. The molecule has 38 heavy (non-hydrogen) atoms. The van der Waals surface area contributed by atoms with Gasteiger partial charge in [0.1, 0.15) is 4.88 Å². The first kappa shape index (κ1) is 26.3. The van der Waals surface area contributed by atoms with Crippen LogP contribution in [0, 0.1) is 11.8 Å². The lowest BCUT2D eigenvalue weighted by molar-refractivity contribution is -0.123. The molecule has 3 heterocycles. The molecule has 3 aromatic rings. The summed E-state index contributed by atoms with van der Waals surface area (Å²) in [5.41, 5.74) is 3.43.